The van der Waals surface area contributed by atoms with Gasteiger partial charge in [0.2, 0.25) is 0 Å². The highest BCUT2D eigenvalue weighted by molar-refractivity contribution is 5.01. The lowest BCUT2D eigenvalue weighted by molar-refractivity contribution is 0.110. The molecule has 1 fully saturated rings. The highest BCUT2D eigenvalue weighted by Crippen LogP contribution is 2.28. The Hall–Kier alpha value is -0.830. The second-order valence-electron chi connectivity index (χ2n) is 4.30. The Balaban J connectivity index is 1.90. The average Bonchev–Trinajstić information content (AvgIpc) is 2.75. The van der Waals surface area contributed by atoms with Crippen LogP contribution in [0.15, 0.2) is 12.3 Å². The van der Waals surface area contributed by atoms with Gasteiger partial charge in [-0.3, -0.25) is 4.68 Å². The highest BCUT2D eigenvalue weighted by atomic mass is 16.3. The van der Waals surface area contributed by atoms with Crippen LogP contribution in [0.3, 0.4) is 0 Å². The Bertz CT molecular complexity index is 289. The van der Waals surface area contributed by atoms with E-state index in [2.05, 4.69) is 5.10 Å². The molecule has 1 aromatic heterocycles. The van der Waals surface area contributed by atoms with E-state index in [0.29, 0.717) is 12.3 Å². The first-order valence-electron chi connectivity index (χ1n) is 5.42. The van der Waals surface area contributed by atoms with Crippen LogP contribution in [0.4, 0.5) is 0 Å². The maximum Gasteiger partial charge on any atom is 0.0650 e. The van der Waals surface area contributed by atoms with Gasteiger partial charge < -0.3 is 5.11 Å². The van der Waals surface area contributed by atoms with Gasteiger partial charge in [0.15, 0.2) is 0 Å². The number of nitrogens with zero attached hydrogens (tertiary/aromatic N) is 2. The van der Waals surface area contributed by atoms with E-state index in [9.17, 15) is 5.11 Å². The number of aliphatic hydroxyl groups is 1. The molecule has 0 aromatic carbocycles. The summed E-state index contributed by atoms with van der Waals surface area (Å²) < 4.78 is 1.79. The van der Waals surface area contributed by atoms with Crippen LogP contribution >= 0.6 is 0 Å². The molecule has 1 N–H and O–H groups in total. The molecule has 0 radical (unpaired) electrons. The Morgan fingerprint density at radius 1 is 1.57 bits per heavy atom. The quantitative estimate of drug-likeness (QED) is 0.792. The first-order valence-corrected chi connectivity index (χ1v) is 5.42. The van der Waals surface area contributed by atoms with Crippen LogP contribution in [0.2, 0.25) is 0 Å². The minimum absolute atomic E-state index is 0.188. The van der Waals surface area contributed by atoms with Gasteiger partial charge in [-0.2, -0.15) is 5.10 Å². The molecular weight excluding hydrogens is 176 g/mol. The third kappa shape index (κ3) is 2.15. The van der Waals surface area contributed by atoms with Gasteiger partial charge in [-0.05, 0) is 24.8 Å². The van der Waals surface area contributed by atoms with Crippen molar-refractivity contribution in [3.8, 4) is 0 Å². The number of aryl methyl sites for hydroxylation is 1. The summed E-state index contributed by atoms with van der Waals surface area (Å²) in [5.74, 6) is 0.511. The second-order valence-corrected chi connectivity index (χ2v) is 4.30. The first kappa shape index (κ1) is 9.71. The Morgan fingerprint density at radius 3 is 2.86 bits per heavy atom. The Labute approximate surface area is 84.7 Å². The van der Waals surface area contributed by atoms with Crippen molar-refractivity contribution in [2.24, 2.45) is 13.0 Å². The standard InChI is InChI=1S/C11H18N2O/c1-13-7-6-10(12-13)8-11(14)9-4-2-3-5-9/h6-7,9,11,14H,2-5,8H2,1H3. The van der Waals surface area contributed by atoms with Crippen LogP contribution in [-0.4, -0.2) is 21.0 Å². The van der Waals surface area contributed by atoms with Crippen molar-refractivity contribution >= 4 is 0 Å². The summed E-state index contributed by atoms with van der Waals surface area (Å²) in [6.07, 6.45) is 7.39. The molecule has 1 aromatic rings. The zero-order valence-electron chi connectivity index (χ0n) is 8.69. The van der Waals surface area contributed by atoms with Crippen LogP contribution in [0.1, 0.15) is 31.4 Å². The lowest BCUT2D eigenvalue weighted by atomic mass is 9.97. The molecule has 0 saturated heterocycles. The molecule has 0 bridgehead atoms. The summed E-state index contributed by atoms with van der Waals surface area (Å²) >= 11 is 0. The van der Waals surface area contributed by atoms with Gasteiger partial charge in [0, 0.05) is 19.7 Å². The fourth-order valence-electron chi connectivity index (χ4n) is 2.30. The molecule has 78 valence electrons. The molecule has 1 aliphatic carbocycles. The molecule has 1 aliphatic rings. The number of hydrogen-bond donors (Lipinski definition) is 1. The first-order chi connectivity index (χ1) is 6.75. The third-order valence-corrected chi connectivity index (χ3v) is 3.13. The Kier molecular flexibility index (Phi) is 2.87. The average molecular weight is 194 g/mol. The van der Waals surface area contributed by atoms with Gasteiger partial charge in [-0.1, -0.05) is 12.8 Å². The number of rotatable bonds is 3. The molecule has 3 heteroatoms. The van der Waals surface area contributed by atoms with E-state index in [-0.39, 0.29) is 6.10 Å². The fraction of sp³-hybridized carbons (Fsp3) is 0.727. The van der Waals surface area contributed by atoms with E-state index in [1.54, 1.807) is 4.68 Å². The van der Waals surface area contributed by atoms with Gasteiger partial charge in [0.05, 0.1) is 11.8 Å². The van der Waals surface area contributed by atoms with Gasteiger partial charge in [-0.15, -0.1) is 0 Å². The normalized spacial score (nSPS) is 20.1. The van der Waals surface area contributed by atoms with E-state index < -0.39 is 0 Å². The zero-order chi connectivity index (χ0) is 9.97. The maximum atomic E-state index is 9.96. The summed E-state index contributed by atoms with van der Waals surface area (Å²) in [6.45, 7) is 0. The van der Waals surface area contributed by atoms with Gasteiger partial charge >= 0.3 is 0 Å². The minimum Gasteiger partial charge on any atom is -0.392 e. The van der Waals surface area contributed by atoms with E-state index in [4.69, 9.17) is 0 Å². The lowest BCUT2D eigenvalue weighted by Crippen LogP contribution is -2.20. The summed E-state index contributed by atoms with van der Waals surface area (Å²) in [4.78, 5) is 0. The van der Waals surface area contributed by atoms with Gasteiger partial charge in [-0.25, -0.2) is 0 Å². The molecule has 3 nitrogen and oxygen atoms in total. The molecule has 1 atom stereocenters. The number of hydrogen-bond acceptors (Lipinski definition) is 2. The van der Waals surface area contributed by atoms with Crippen LogP contribution < -0.4 is 0 Å². The lowest BCUT2D eigenvalue weighted by Gasteiger charge is -2.15. The molecule has 1 saturated carbocycles. The van der Waals surface area contributed by atoms with Crippen LogP contribution in [0.5, 0.6) is 0 Å². The summed E-state index contributed by atoms with van der Waals surface area (Å²) in [6, 6.07) is 1.98. The van der Waals surface area contributed by atoms with Crippen LogP contribution in [0.25, 0.3) is 0 Å². The van der Waals surface area contributed by atoms with Crippen molar-refractivity contribution in [1.29, 1.82) is 0 Å². The van der Waals surface area contributed by atoms with Crippen LogP contribution in [0, 0.1) is 5.92 Å². The minimum atomic E-state index is -0.188. The third-order valence-electron chi connectivity index (χ3n) is 3.13. The fourth-order valence-corrected chi connectivity index (χ4v) is 2.30. The molecule has 1 heterocycles. The summed E-state index contributed by atoms with van der Waals surface area (Å²) in [5.41, 5.74) is 1.01. The molecule has 2 rings (SSSR count). The highest BCUT2D eigenvalue weighted by Gasteiger charge is 2.23. The SMILES string of the molecule is Cn1ccc(CC(O)C2CCCC2)n1. The van der Waals surface area contributed by atoms with Crippen molar-refractivity contribution in [2.75, 3.05) is 0 Å². The predicted molar refractivity (Wildman–Crippen MR) is 54.9 cm³/mol. The van der Waals surface area contributed by atoms with Crippen molar-refractivity contribution in [1.82, 2.24) is 9.78 Å². The van der Waals surface area contributed by atoms with Crippen molar-refractivity contribution in [2.45, 2.75) is 38.2 Å². The van der Waals surface area contributed by atoms with Crippen molar-refractivity contribution in [3.05, 3.63) is 18.0 Å². The molecule has 0 aliphatic heterocycles. The second kappa shape index (κ2) is 4.13. The topological polar surface area (TPSA) is 38.0 Å². The molecular formula is C11H18N2O. The maximum absolute atomic E-state index is 9.96. The van der Waals surface area contributed by atoms with Crippen molar-refractivity contribution < 1.29 is 5.11 Å². The zero-order valence-corrected chi connectivity index (χ0v) is 8.69. The monoisotopic (exact) mass is 194 g/mol. The van der Waals surface area contributed by atoms with E-state index in [1.807, 2.05) is 19.3 Å². The van der Waals surface area contributed by atoms with Crippen LogP contribution in [-0.2, 0) is 13.5 Å². The van der Waals surface area contributed by atoms with E-state index >= 15 is 0 Å². The van der Waals surface area contributed by atoms with Gasteiger partial charge in [0.25, 0.3) is 0 Å². The number of aliphatic hydroxyl groups excluding tert-OH is 1. The molecule has 14 heavy (non-hydrogen) atoms. The Morgan fingerprint density at radius 2 is 2.29 bits per heavy atom. The smallest absolute Gasteiger partial charge is 0.0650 e. The summed E-state index contributed by atoms with van der Waals surface area (Å²) in [7, 11) is 1.91. The molecule has 1 unspecified atom stereocenters. The number of aromatic nitrogens is 2. The molecule has 0 spiro atoms. The van der Waals surface area contributed by atoms with E-state index in [0.717, 1.165) is 5.69 Å². The van der Waals surface area contributed by atoms with E-state index in [1.165, 1.54) is 25.7 Å². The molecule has 0 amide bonds. The summed E-state index contributed by atoms with van der Waals surface area (Å²) in [5, 5.41) is 14.2. The van der Waals surface area contributed by atoms with Gasteiger partial charge in [0.1, 0.15) is 0 Å². The predicted octanol–water partition coefficient (Wildman–Crippen LogP) is 1.51. The van der Waals surface area contributed by atoms with Crippen molar-refractivity contribution in [3.63, 3.8) is 0 Å². The largest absolute Gasteiger partial charge is 0.392 e.